The number of aryl methyl sites for hydroxylation is 1. The number of rotatable bonds is 1. The van der Waals surface area contributed by atoms with Gasteiger partial charge in [0.25, 0.3) is 5.91 Å². The minimum absolute atomic E-state index is 0.00782. The Balaban J connectivity index is 1.78. The fourth-order valence-electron chi connectivity index (χ4n) is 3.02. The summed E-state index contributed by atoms with van der Waals surface area (Å²) in [7, 11) is 0. The van der Waals surface area contributed by atoms with E-state index in [1.54, 1.807) is 11.0 Å². The monoisotopic (exact) mass is 288 g/mol. The maximum atomic E-state index is 12.6. The lowest BCUT2D eigenvalue weighted by Gasteiger charge is -2.34. The number of amides is 2. The molecule has 2 N–H and O–H groups in total. The van der Waals surface area contributed by atoms with Crippen molar-refractivity contribution in [3.05, 3.63) is 29.3 Å². The van der Waals surface area contributed by atoms with Gasteiger partial charge in [-0.25, -0.2) is 0 Å². The highest BCUT2D eigenvalue weighted by Crippen LogP contribution is 2.25. The average Bonchev–Trinajstić information content (AvgIpc) is 2.49. The Hall–Kier alpha value is -1.88. The molecule has 1 fully saturated rings. The van der Waals surface area contributed by atoms with Gasteiger partial charge in [-0.2, -0.15) is 0 Å². The van der Waals surface area contributed by atoms with Crippen molar-refractivity contribution in [1.82, 2.24) is 4.90 Å². The second-order valence-corrected chi connectivity index (χ2v) is 6.00. The van der Waals surface area contributed by atoms with Crippen molar-refractivity contribution in [3.8, 4) is 0 Å². The van der Waals surface area contributed by atoms with Crippen molar-refractivity contribution in [3.63, 3.8) is 0 Å². The van der Waals surface area contributed by atoms with Gasteiger partial charge < -0.3 is 15.3 Å². The Morgan fingerprint density at radius 3 is 2.95 bits per heavy atom. The molecule has 2 heterocycles. The number of nitrogens with one attached hydrogen (secondary N) is 1. The van der Waals surface area contributed by atoms with Crippen LogP contribution in [0.3, 0.4) is 0 Å². The largest absolute Gasteiger partial charge is 0.393 e. The van der Waals surface area contributed by atoms with Crippen LogP contribution in [-0.2, 0) is 11.2 Å². The molecule has 1 aromatic rings. The van der Waals surface area contributed by atoms with E-state index in [0.717, 1.165) is 11.3 Å². The average molecular weight is 288 g/mol. The van der Waals surface area contributed by atoms with Crippen molar-refractivity contribution >= 4 is 17.5 Å². The first kappa shape index (κ1) is 14.1. The predicted octanol–water partition coefficient (Wildman–Crippen LogP) is 1.41. The van der Waals surface area contributed by atoms with E-state index in [-0.39, 0.29) is 23.8 Å². The molecule has 0 saturated carbocycles. The van der Waals surface area contributed by atoms with Crippen LogP contribution in [0.2, 0.25) is 0 Å². The topological polar surface area (TPSA) is 69.6 Å². The minimum atomic E-state index is -0.312. The quantitative estimate of drug-likeness (QED) is 0.821. The summed E-state index contributed by atoms with van der Waals surface area (Å²) < 4.78 is 0. The summed E-state index contributed by atoms with van der Waals surface area (Å²) in [6, 6.07) is 5.46. The van der Waals surface area contributed by atoms with E-state index < -0.39 is 0 Å². The second kappa shape index (κ2) is 5.48. The lowest BCUT2D eigenvalue weighted by atomic mass is 9.95. The van der Waals surface area contributed by atoms with Crippen LogP contribution in [0.1, 0.15) is 35.7 Å². The van der Waals surface area contributed by atoms with E-state index in [1.165, 1.54) is 0 Å². The van der Waals surface area contributed by atoms with E-state index in [9.17, 15) is 14.7 Å². The number of carbonyl (C=O) groups excluding carboxylic acids is 2. The van der Waals surface area contributed by atoms with Gasteiger partial charge in [0.05, 0.1) is 6.10 Å². The summed E-state index contributed by atoms with van der Waals surface area (Å²) in [4.78, 5) is 25.7. The molecule has 2 unspecified atom stereocenters. The number of hydrogen-bond donors (Lipinski definition) is 2. The van der Waals surface area contributed by atoms with Crippen LogP contribution >= 0.6 is 0 Å². The third kappa shape index (κ3) is 2.78. The summed E-state index contributed by atoms with van der Waals surface area (Å²) in [5.74, 6) is 0.147. The zero-order valence-corrected chi connectivity index (χ0v) is 12.1. The smallest absolute Gasteiger partial charge is 0.253 e. The van der Waals surface area contributed by atoms with E-state index >= 15 is 0 Å². The van der Waals surface area contributed by atoms with Gasteiger partial charge in [0.2, 0.25) is 5.91 Å². The molecule has 3 rings (SSSR count). The maximum Gasteiger partial charge on any atom is 0.253 e. The number of fused-ring (bicyclic) bond motifs is 1. The number of nitrogens with zero attached hydrogens (tertiary/aromatic N) is 1. The molecule has 2 aliphatic rings. The normalized spacial score (nSPS) is 25.2. The van der Waals surface area contributed by atoms with Crippen LogP contribution in [0.4, 0.5) is 5.69 Å². The van der Waals surface area contributed by atoms with Crippen molar-refractivity contribution in [2.45, 2.75) is 32.3 Å². The number of aliphatic hydroxyl groups is 1. The zero-order chi connectivity index (χ0) is 15.0. The number of likely N-dealkylation sites (tertiary alicyclic amines) is 1. The lowest BCUT2D eigenvalue weighted by Crippen LogP contribution is -2.45. The van der Waals surface area contributed by atoms with Crippen LogP contribution in [-0.4, -0.2) is 41.0 Å². The fraction of sp³-hybridized carbons (Fsp3) is 0.500. The molecule has 0 aliphatic carbocycles. The molecule has 0 radical (unpaired) electrons. The molecule has 1 saturated heterocycles. The molecule has 0 bridgehead atoms. The molecule has 112 valence electrons. The molecule has 2 atom stereocenters. The highest BCUT2D eigenvalue weighted by Gasteiger charge is 2.28. The van der Waals surface area contributed by atoms with Gasteiger partial charge in [-0.1, -0.05) is 6.92 Å². The van der Waals surface area contributed by atoms with Crippen molar-refractivity contribution in [2.24, 2.45) is 5.92 Å². The molecular formula is C16H20N2O3. The highest BCUT2D eigenvalue weighted by molar-refractivity contribution is 5.98. The highest BCUT2D eigenvalue weighted by atomic mass is 16.3. The second-order valence-electron chi connectivity index (χ2n) is 6.00. The SMILES string of the molecule is CC1CN(C(=O)c2ccc3c(c2)CCC(=O)N3)CCC1O. The number of piperidine rings is 1. The first-order valence-electron chi connectivity index (χ1n) is 7.44. The van der Waals surface area contributed by atoms with E-state index in [0.29, 0.717) is 37.9 Å². The van der Waals surface area contributed by atoms with Gasteiger partial charge in [-0.05, 0) is 42.5 Å². The van der Waals surface area contributed by atoms with Crippen molar-refractivity contribution in [1.29, 1.82) is 0 Å². The summed E-state index contributed by atoms with van der Waals surface area (Å²) in [5, 5.41) is 12.6. The standard InChI is InChI=1S/C16H20N2O3/c1-10-9-18(7-6-14(10)19)16(21)12-2-4-13-11(8-12)3-5-15(20)17-13/h2,4,8,10,14,19H,3,5-7,9H2,1H3,(H,17,20). The van der Waals surface area contributed by atoms with Crippen LogP contribution in [0.25, 0.3) is 0 Å². The molecule has 2 amide bonds. The first-order valence-corrected chi connectivity index (χ1v) is 7.44. The van der Waals surface area contributed by atoms with Crippen LogP contribution in [0.15, 0.2) is 18.2 Å². The third-order valence-corrected chi connectivity index (χ3v) is 4.39. The molecule has 1 aromatic carbocycles. The predicted molar refractivity (Wildman–Crippen MR) is 79.1 cm³/mol. The number of hydrogen-bond acceptors (Lipinski definition) is 3. The molecule has 5 heteroatoms. The number of carbonyl (C=O) groups is 2. The molecule has 21 heavy (non-hydrogen) atoms. The van der Waals surface area contributed by atoms with E-state index in [4.69, 9.17) is 0 Å². The molecule has 5 nitrogen and oxygen atoms in total. The molecule has 2 aliphatic heterocycles. The summed E-state index contributed by atoms with van der Waals surface area (Å²) in [6.07, 6.45) is 1.47. The molecular weight excluding hydrogens is 268 g/mol. The Bertz CT molecular complexity index is 585. The van der Waals surface area contributed by atoms with Crippen LogP contribution in [0, 0.1) is 5.92 Å². The third-order valence-electron chi connectivity index (χ3n) is 4.39. The summed E-state index contributed by atoms with van der Waals surface area (Å²) in [6.45, 7) is 3.15. The van der Waals surface area contributed by atoms with Crippen molar-refractivity contribution < 1.29 is 14.7 Å². The Labute approximate surface area is 123 Å². The Kier molecular flexibility index (Phi) is 3.68. The number of aliphatic hydroxyl groups excluding tert-OH is 1. The number of benzene rings is 1. The fourth-order valence-corrected chi connectivity index (χ4v) is 3.02. The van der Waals surface area contributed by atoms with Gasteiger partial charge in [-0.3, -0.25) is 9.59 Å². The van der Waals surface area contributed by atoms with E-state index in [1.807, 2.05) is 19.1 Å². The maximum absolute atomic E-state index is 12.6. The summed E-state index contributed by atoms with van der Waals surface area (Å²) >= 11 is 0. The van der Waals surface area contributed by atoms with Gasteiger partial charge in [0, 0.05) is 30.8 Å². The first-order chi connectivity index (χ1) is 10.0. The van der Waals surface area contributed by atoms with Crippen LogP contribution < -0.4 is 5.32 Å². The zero-order valence-electron chi connectivity index (χ0n) is 12.1. The van der Waals surface area contributed by atoms with E-state index in [2.05, 4.69) is 5.32 Å². The lowest BCUT2D eigenvalue weighted by molar-refractivity contribution is -0.116. The number of anilines is 1. The van der Waals surface area contributed by atoms with Crippen molar-refractivity contribution in [2.75, 3.05) is 18.4 Å². The molecule has 0 spiro atoms. The Morgan fingerprint density at radius 1 is 1.38 bits per heavy atom. The van der Waals surface area contributed by atoms with Crippen LogP contribution in [0.5, 0.6) is 0 Å². The molecule has 0 aromatic heterocycles. The minimum Gasteiger partial charge on any atom is -0.393 e. The Morgan fingerprint density at radius 2 is 2.19 bits per heavy atom. The summed E-state index contributed by atoms with van der Waals surface area (Å²) in [5.41, 5.74) is 2.49. The van der Waals surface area contributed by atoms with Gasteiger partial charge in [0.1, 0.15) is 0 Å². The van der Waals surface area contributed by atoms with Gasteiger partial charge in [-0.15, -0.1) is 0 Å². The van der Waals surface area contributed by atoms with Gasteiger partial charge >= 0.3 is 0 Å². The van der Waals surface area contributed by atoms with Gasteiger partial charge in [0.15, 0.2) is 0 Å².